The number of alkyl halides is 6. The van der Waals surface area contributed by atoms with Crippen LogP contribution in [0.15, 0.2) is 42.5 Å². The second-order valence-electron chi connectivity index (χ2n) is 9.54. The van der Waals surface area contributed by atoms with Gasteiger partial charge in [0.15, 0.2) is 0 Å². The van der Waals surface area contributed by atoms with Crippen molar-refractivity contribution >= 4 is 17.8 Å². The van der Waals surface area contributed by atoms with Gasteiger partial charge >= 0.3 is 24.5 Å². The Kier molecular flexibility index (Phi) is 7.66. The molecule has 3 rings (SSSR count). The largest absolute Gasteiger partial charge is 0.444 e. The first-order chi connectivity index (χ1) is 16.9. The van der Waals surface area contributed by atoms with Crippen molar-refractivity contribution in [3.8, 4) is 0 Å². The predicted molar refractivity (Wildman–Crippen MR) is 119 cm³/mol. The third-order valence-corrected chi connectivity index (χ3v) is 5.43. The Balaban J connectivity index is 1.83. The minimum atomic E-state index is -5.08. The smallest absolute Gasteiger partial charge is 0.416 e. The number of nitrogens with one attached hydrogen (secondary N) is 2. The zero-order chi connectivity index (χ0) is 27.8. The van der Waals surface area contributed by atoms with E-state index in [1.165, 1.54) is 29.2 Å². The van der Waals surface area contributed by atoms with Crippen LogP contribution in [-0.4, -0.2) is 41.8 Å². The van der Waals surface area contributed by atoms with Gasteiger partial charge in [-0.3, -0.25) is 0 Å². The summed E-state index contributed by atoms with van der Waals surface area (Å²) in [6.45, 7) is 4.97. The van der Waals surface area contributed by atoms with Gasteiger partial charge in [0.1, 0.15) is 11.4 Å². The van der Waals surface area contributed by atoms with Crippen molar-refractivity contribution in [2.75, 3.05) is 18.4 Å². The quantitative estimate of drug-likeness (QED) is 0.448. The zero-order valence-corrected chi connectivity index (χ0v) is 19.9. The maximum atomic E-state index is 13.4. The molecule has 2 N–H and O–H groups in total. The van der Waals surface area contributed by atoms with Gasteiger partial charge in [0, 0.05) is 24.7 Å². The predicted octanol–water partition coefficient (Wildman–Crippen LogP) is 6.39. The van der Waals surface area contributed by atoms with Crippen LogP contribution in [0.3, 0.4) is 0 Å². The number of benzene rings is 2. The van der Waals surface area contributed by atoms with E-state index in [1.54, 1.807) is 20.8 Å². The molecular formula is C24H24F7N3O3. The van der Waals surface area contributed by atoms with Crippen LogP contribution in [0.1, 0.15) is 43.4 Å². The summed E-state index contributed by atoms with van der Waals surface area (Å²) in [6, 6.07) is 4.08. The number of urea groups is 1. The summed E-state index contributed by atoms with van der Waals surface area (Å²) in [4.78, 5) is 26.5. The van der Waals surface area contributed by atoms with Crippen LogP contribution >= 0.6 is 0 Å². The number of carbonyl (C=O) groups is 2. The number of hydrogen-bond donors (Lipinski definition) is 2. The number of rotatable bonds is 3. The van der Waals surface area contributed by atoms with Gasteiger partial charge in [-0.1, -0.05) is 12.1 Å². The summed E-state index contributed by atoms with van der Waals surface area (Å²) < 4.78 is 97.6. The monoisotopic (exact) mass is 535 g/mol. The molecule has 2 aromatic carbocycles. The van der Waals surface area contributed by atoms with Crippen molar-refractivity contribution < 1.29 is 45.1 Å². The maximum Gasteiger partial charge on any atom is 0.416 e. The molecule has 2 atom stereocenters. The molecule has 202 valence electrons. The lowest BCUT2D eigenvalue weighted by molar-refractivity contribution is -0.143. The van der Waals surface area contributed by atoms with E-state index < -0.39 is 64.7 Å². The van der Waals surface area contributed by atoms with Crippen LogP contribution < -0.4 is 10.6 Å². The molecule has 1 saturated heterocycles. The van der Waals surface area contributed by atoms with Crippen LogP contribution in [0.25, 0.3) is 0 Å². The fraction of sp³-hybridized carbons (Fsp3) is 0.417. The fourth-order valence-electron chi connectivity index (χ4n) is 3.84. The average Bonchev–Trinajstić information content (AvgIpc) is 3.15. The Morgan fingerprint density at radius 2 is 1.43 bits per heavy atom. The number of hydrogen-bond acceptors (Lipinski definition) is 3. The van der Waals surface area contributed by atoms with E-state index in [-0.39, 0.29) is 19.2 Å². The lowest BCUT2D eigenvalue weighted by atomic mass is 9.94. The van der Waals surface area contributed by atoms with Gasteiger partial charge in [0.05, 0.1) is 17.2 Å². The molecule has 0 radical (unpaired) electrons. The Bertz CT molecular complexity index is 1110. The molecule has 0 aliphatic carbocycles. The number of carbonyl (C=O) groups excluding carboxylic acids is 2. The van der Waals surface area contributed by atoms with Crippen molar-refractivity contribution in [1.82, 2.24) is 10.2 Å². The van der Waals surface area contributed by atoms with Crippen LogP contribution in [0.2, 0.25) is 0 Å². The number of anilines is 1. The number of halogens is 7. The highest BCUT2D eigenvalue weighted by Crippen LogP contribution is 2.37. The summed E-state index contributed by atoms with van der Waals surface area (Å²) in [6.07, 6.45) is -10.8. The number of amides is 3. The van der Waals surface area contributed by atoms with Crippen LogP contribution in [0.4, 0.5) is 46.0 Å². The number of nitrogens with zero attached hydrogens (tertiary/aromatic N) is 1. The molecule has 37 heavy (non-hydrogen) atoms. The third kappa shape index (κ3) is 7.49. The Labute approximate surface area is 207 Å². The van der Waals surface area contributed by atoms with E-state index in [2.05, 4.69) is 5.32 Å². The third-order valence-electron chi connectivity index (χ3n) is 5.43. The summed E-state index contributed by atoms with van der Waals surface area (Å²) >= 11 is 0. The van der Waals surface area contributed by atoms with Crippen LogP contribution in [0.5, 0.6) is 0 Å². The van der Waals surface area contributed by atoms with Crippen LogP contribution in [-0.2, 0) is 17.1 Å². The van der Waals surface area contributed by atoms with Gasteiger partial charge in [-0.2, -0.15) is 26.3 Å². The van der Waals surface area contributed by atoms with Crippen molar-refractivity contribution in [2.24, 2.45) is 0 Å². The summed E-state index contributed by atoms with van der Waals surface area (Å²) in [7, 11) is 0. The normalized spacial score (nSPS) is 18.5. The molecule has 2 aromatic rings. The average molecular weight is 535 g/mol. The molecule has 0 unspecified atom stereocenters. The van der Waals surface area contributed by atoms with E-state index in [4.69, 9.17) is 4.74 Å². The maximum absolute atomic E-state index is 13.4. The van der Waals surface area contributed by atoms with E-state index in [0.717, 1.165) is 0 Å². The molecule has 1 fully saturated rings. The topological polar surface area (TPSA) is 70.7 Å². The summed E-state index contributed by atoms with van der Waals surface area (Å²) in [5.41, 5.74) is -4.15. The number of ether oxygens (including phenoxy) is 1. The lowest BCUT2D eigenvalue weighted by Crippen LogP contribution is -2.43. The van der Waals surface area contributed by atoms with Crippen LogP contribution in [0, 0.1) is 5.82 Å². The molecule has 3 amide bonds. The highest BCUT2D eigenvalue weighted by molar-refractivity contribution is 5.90. The minimum absolute atomic E-state index is 0.0523. The lowest BCUT2D eigenvalue weighted by Gasteiger charge is -2.24. The van der Waals surface area contributed by atoms with Gasteiger partial charge in [-0.15, -0.1) is 0 Å². The SMILES string of the molecule is CC(C)(C)OC(=O)N1C[C@H](c2ccc(F)cc2)[C@H](NC(=O)Nc2cc(C(F)(F)F)cc(C(F)(F)F)c2)C1. The molecule has 1 aliphatic rings. The van der Waals surface area contributed by atoms with E-state index in [9.17, 15) is 40.3 Å². The first kappa shape index (κ1) is 28.1. The first-order valence-electron chi connectivity index (χ1n) is 11.0. The Morgan fingerprint density at radius 1 is 0.892 bits per heavy atom. The Morgan fingerprint density at radius 3 is 1.92 bits per heavy atom. The molecular weight excluding hydrogens is 511 g/mol. The molecule has 1 heterocycles. The second-order valence-corrected chi connectivity index (χ2v) is 9.54. The van der Waals surface area contributed by atoms with E-state index >= 15 is 0 Å². The highest BCUT2D eigenvalue weighted by Gasteiger charge is 2.40. The van der Waals surface area contributed by atoms with Crippen molar-refractivity contribution in [3.63, 3.8) is 0 Å². The molecule has 1 aliphatic heterocycles. The minimum Gasteiger partial charge on any atom is -0.444 e. The highest BCUT2D eigenvalue weighted by atomic mass is 19.4. The van der Waals surface area contributed by atoms with E-state index in [0.29, 0.717) is 17.7 Å². The van der Waals surface area contributed by atoms with Gasteiger partial charge in [-0.25, -0.2) is 14.0 Å². The standard InChI is InChI=1S/C24H24F7N3O3/c1-22(2,3)37-21(36)34-11-18(13-4-6-16(25)7-5-13)19(12-34)33-20(35)32-17-9-14(23(26,27)28)8-15(10-17)24(29,30)31/h4-10,18-19H,11-12H2,1-3H3,(H2,32,33,35)/t18-,19-/m1/s1. The molecule has 0 bridgehead atoms. The van der Waals surface area contributed by atoms with Gasteiger partial charge in [0.2, 0.25) is 0 Å². The summed E-state index contributed by atoms with van der Waals surface area (Å²) in [5.74, 6) is -1.08. The van der Waals surface area contributed by atoms with Gasteiger partial charge in [0.25, 0.3) is 0 Å². The van der Waals surface area contributed by atoms with Crippen molar-refractivity contribution in [1.29, 1.82) is 0 Å². The van der Waals surface area contributed by atoms with Gasteiger partial charge < -0.3 is 20.3 Å². The van der Waals surface area contributed by atoms with Crippen molar-refractivity contribution in [2.45, 2.75) is 50.7 Å². The van der Waals surface area contributed by atoms with Gasteiger partial charge in [-0.05, 0) is 56.7 Å². The zero-order valence-electron chi connectivity index (χ0n) is 19.9. The van der Waals surface area contributed by atoms with E-state index in [1.807, 2.05) is 5.32 Å². The first-order valence-corrected chi connectivity index (χ1v) is 11.0. The van der Waals surface area contributed by atoms with Crippen molar-refractivity contribution in [3.05, 3.63) is 65.0 Å². The fourth-order valence-corrected chi connectivity index (χ4v) is 3.84. The molecule has 13 heteroatoms. The molecule has 0 saturated carbocycles. The molecule has 0 aromatic heterocycles. The number of likely N-dealkylation sites (tertiary alicyclic amines) is 1. The summed E-state index contributed by atoms with van der Waals surface area (Å²) in [5, 5.41) is 4.51. The Hall–Kier alpha value is -3.51. The second kappa shape index (κ2) is 10.1. The molecule has 0 spiro atoms. The molecule has 6 nitrogen and oxygen atoms in total.